The van der Waals surface area contributed by atoms with Gasteiger partial charge in [-0.2, -0.15) is 26.3 Å². The maximum absolute atomic E-state index is 14.4. The second-order valence-corrected chi connectivity index (χ2v) is 21.0. The summed E-state index contributed by atoms with van der Waals surface area (Å²) < 4.78 is 91.1. The van der Waals surface area contributed by atoms with E-state index < -0.39 is 84.8 Å². The van der Waals surface area contributed by atoms with Gasteiger partial charge in [-0.3, -0.25) is 9.59 Å². The van der Waals surface area contributed by atoms with Crippen molar-refractivity contribution in [1.29, 1.82) is 0 Å². The summed E-state index contributed by atoms with van der Waals surface area (Å²) in [5, 5.41) is 34.4. The van der Waals surface area contributed by atoms with Crippen molar-refractivity contribution < 1.29 is 55.7 Å². The number of aromatic hydroxyl groups is 1. The lowest BCUT2D eigenvalue weighted by molar-refractivity contribution is -0.143. The Kier molecular flexibility index (Phi) is 13.2. The summed E-state index contributed by atoms with van der Waals surface area (Å²) in [5.41, 5.74) is -1.83. The Morgan fingerprint density at radius 3 is 1.85 bits per heavy atom. The van der Waals surface area contributed by atoms with Crippen molar-refractivity contribution in [2.24, 2.45) is 17.8 Å². The highest BCUT2D eigenvalue weighted by molar-refractivity contribution is 6.99. The minimum atomic E-state index is -5.24. The first-order valence-corrected chi connectivity index (χ1v) is 22.0. The van der Waals surface area contributed by atoms with Crippen LogP contribution in [-0.4, -0.2) is 54.8 Å². The summed E-state index contributed by atoms with van der Waals surface area (Å²) in [5.74, 6) is -5.90. The first-order chi connectivity index (χ1) is 28.7. The number of carbonyl (C=O) groups is 2. The Labute approximate surface area is 352 Å². The third-order valence-electron chi connectivity index (χ3n) is 11.9. The normalized spacial score (nSPS) is 19.7. The summed E-state index contributed by atoms with van der Waals surface area (Å²) in [6.07, 6.45) is -8.98. The number of phenols is 1. The predicted octanol–water partition coefficient (Wildman–Crippen LogP) is 9.06. The Morgan fingerprint density at radius 2 is 1.38 bits per heavy atom. The molecule has 0 unspecified atom stereocenters. The number of aliphatic hydroxyl groups excluding tert-OH is 2. The average Bonchev–Trinajstić information content (AvgIpc) is 3.47. The van der Waals surface area contributed by atoms with Crippen LogP contribution in [0.3, 0.4) is 0 Å². The van der Waals surface area contributed by atoms with Crippen LogP contribution < -0.4 is 15.3 Å². The van der Waals surface area contributed by atoms with Gasteiger partial charge in [-0.05, 0) is 88.1 Å². The van der Waals surface area contributed by atoms with E-state index in [2.05, 4.69) is 20.8 Å². The molecule has 4 aromatic rings. The number of allylic oxidation sites excluding steroid dienone is 1. The molecule has 4 atom stereocenters. The number of alkyl halides is 6. The van der Waals surface area contributed by atoms with Gasteiger partial charge in [0.15, 0.2) is 0 Å². The fourth-order valence-electron chi connectivity index (χ4n) is 9.01. The summed E-state index contributed by atoms with van der Waals surface area (Å²) in [7, 11) is -3.28. The van der Waals surface area contributed by atoms with Crippen molar-refractivity contribution in [3.8, 4) is 5.75 Å². The number of halogens is 6. The third-order valence-corrected chi connectivity index (χ3v) is 16.9. The van der Waals surface area contributed by atoms with Gasteiger partial charge in [0.05, 0.1) is 48.0 Å². The maximum atomic E-state index is 14.4. The molecule has 0 aromatic heterocycles. The number of phenolic OH excluding ortho intramolecular Hbond substituents is 1. The fourth-order valence-corrected chi connectivity index (χ4v) is 13.6. The summed E-state index contributed by atoms with van der Waals surface area (Å²) in [6, 6.07) is 26.5. The molecule has 324 valence electrons. The van der Waals surface area contributed by atoms with E-state index in [-0.39, 0.29) is 36.8 Å². The van der Waals surface area contributed by atoms with Crippen molar-refractivity contribution in [1.82, 2.24) is 0 Å². The molecule has 14 heteroatoms. The topological polar surface area (TPSA) is 107 Å². The molecule has 0 radical (unpaired) electrons. The van der Waals surface area contributed by atoms with Crippen LogP contribution in [0, 0.1) is 17.8 Å². The number of nitrogens with zero attached hydrogens (tertiary/aromatic N) is 1. The van der Waals surface area contributed by atoms with Gasteiger partial charge in [-0.1, -0.05) is 112 Å². The van der Waals surface area contributed by atoms with E-state index in [1.165, 1.54) is 0 Å². The molecule has 2 aliphatic rings. The second kappa shape index (κ2) is 17.8. The Balaban J connectivity index is 1.46. The van der Waals surface area contributed by atoms with E-state index in [0.717, 1.165) is 21.5 Å². The van der Waals surface area contributed by atoms with Gasteiger partial charge >= 0.3 is 12.4 Å². The highest BCUT2D eigenvalue weighted by Gasteiger charge is 2.57. The zero-order valence-corrected chi connectivity index (χ0v) is 35.2. The Hall–Kier alpha value is -5.02. The van der Waals surface area contributed by atoms with Gasteiger partial charge in [0, 0.05) is 5.92 Å². The van der Waals surface area contributed by atoms with Crippen LogP contribution in [0.2, 0.25) is 5.04 Å². The number of hydrogen-bond donors (Lipinski definition) is 3. The average molecular weight is 866 g/mol. The van der Waals surface area contributed by atoms with Crippen molar-refractivity contribution in [3.05, 3.63) is 137 Å². The molecule has 1 saturated heterocycles. The van der Waals surface area contributed by atoms with Gasteiger partial charge in [-0.15, -0.1) is 0 Å². The van der Waals surface area contributed by atoms with Crippen molar-refractivity contribution in [3.63, 3.8) is 0 Å². The largest absolute Gasteiger partial charge is 0.508 e. The smallest absolute Gasteiger partial charge is 0.416 e. The number of amides is 2. The van der Waals surface area contributed by atoms with E-state index in [4.69, 9.17) is 4.43 Å². The van der Waals surface area contributed by atoms with E-state index in [0.29, 0.717) is 35.4 Å². The number of aliphatic hydroxyl groups is 2. The molecular formula is C47H49F6NO6Si. The van der Waals surface area contributed by atoms with Crippen LogP contribution in [0.15, 0.2) is 120 Å². The maximum Gasteiger partial charge on any atom is 0.416 e. The van der Waals surface area contributed by atoms with Gasteiger partial charge in [0.2, 0.25) is 11.8 Å². The second-order valence-electron chi connectivity index (χ2n) is 16.7. The molecule has 1 aliphatic heterocycles. The lowest BCUT2D eigenvalue weighted by atomic mass is 9.68. The number of hydrogen-bond acceptors (Lipinski definition) is 6. The zero-order valence-electron chi connectivity index (χ0n) is 34.2. The number of benzene rings is 4. The highest BCUT2D eigenvalue weighted by atomic mass is 28.4. The molecule has 61 heavy (non-hydrogen) atoms. The zero-order chi connectivity index (χ0) is 44.5. The Morgan fingerprint density at radius 1 is 0.836 bits per heavy atom. The molecule has 0 bridgehead atoms. The monoisotopic (exact) mass is 865 g/mol. The standard InChI is InChI=1S/C47H49F6NO6Si/c1-5-29(22-30-16-19-35(56)20-17-30)18-21-40(57)41-31(28-60-61(45(2,3)4,36-12-8-6-9-13-36)37-14-10-7-11-15-37)23-38-42(39(41)27-55)44(59)54(43(38)58)34-25-32(46(48,49)50)24-33(26-34)47(51,52)53/h6-17,19-20,22,24-26,38-40,42,55-57H,5,18,21,23,27-28H2,1-4H3/b29-22+/t38-,39+,40-,42-/m1/s1. The summed E-state index contributed by atoms with van der Waals surface area (Å²) >= 11 is 0. The van der Waals surface area contributed by atoms with E-state index in [1.807, 2.05) is 73.7 Å². The molecular weight excluding hydrogens is 817 g/mol. The molecule has 0 saturated carbocycles. The number of fused-ring (bicyclic) bond motifs is 1. The summed E-state index contributed by atoms with van der Waals surface area (Å²) in [6.45, 7) is 7.20. The van der Waals surface area contributed by atoms with Gasteiger partial charge in [0.1, 0.15) is 5.75 Å². The third kappa shape index (κ3) is 9.28. The molecule has 6 rings (SSSR count). The molecule has 7 nitrogen and oxygen atoms in total. The molecule has 3 N–H and O–H groups in total. The number of carbonyl (C=O) groups excluding carboxylic acids is 2. The van der Waals surface area contributed by atoms with Crippen molar-refractivity contribution >= 4 is 42.3 Å². The predicted molar refractivity (Wildman–Crippen MR) is 223 cm³/mol. The van der Waals surface area contributed by atoms with E-state index in [1.54, 1.807) is 24.3 Å². The van der Waals surface area contributed by atoms with Gasteiger partial charge in [-0.25, -0.2) is 4.90 Å². The minimum Gasteiger partial charge on any atom is -0.508 e. The Bertz CT molecular complexity index is 2200. The SMILES string of the molecule is CC/C(=C\c1ccc(O)cc1)CC[C@@H](O)C1=C(CO[Si](c2ccccc2)(c2ccccc2)C(C)(C)C)C[C@H]2C(=O)N(c3cc(C(F)(F)F)cc(C(F)(F)F)c3)C(=O)[C@H]2[C@H]1CO. The van der Waals surface area contributed by atoms with Gasteiger partial charge < -0.3 is 19.7 Å². The molecule has 1 fully saturated rings. The lowest BCUT2D eigenvalue weighted by Gasteiger charge is -2.44. The molecule has 1 heterocycles. The van der Waals surface area contributed by atoms with Crippen LogP contribution in [0.4, 0.5) is 32.0 Å². The van der Waals surface area contributed by atoms with E-state index in [9.17, 15) is 51.3 Å². The van der Waals surface area contributed by atoms with E-state index >= 15 is 0 Å². The first kappa shape index (κ1) is 45.5. The van der Waals surface area contributed by atoms with Crippen molar-refractivity contribution in [2.45, 2.75) is 76.9 Å². The molecule has 4 aromatic carbocycles. The minimum absolute atomic E-state index is 0.0743. The first-order valence-electron chi connectivity index (χ1n) is 20.1. The van der Waals surface area contributed by atoms with Crippen LogP contribution in [0.1, 0.15) is 70.1 Å². The van der Waals surface area contributed by atoms with Crippen LogP contribution in [-0.2, 0) is 26.4 Å². The molecule has 2 amide bonds. The lowest BCUT2D eigenvalue weighted by Crippen LogP contribution is -2.66. The number of anilines is 1. The van der Waals surface area contributed by atoms with Crippen LogP contribution in [0.5, 0.6) is 5.75 Å². The fraction of sp³-hybridized carbons (Fsp3) is 0.362. The molecule has 0 spiro atoms. The van der Waals surface area contributed by atoms with Crippen molar-refractivity contribution in [2.75, 3.05) is 18.1 Å². The summed E-state index contributed by atoms with van der Waals surface area (Å²) in [4.78, 5) is 29.0. The molecule has 1 aliphatic carbocycles. The van der Waals surface area contributed by atoms with Crippen LogP contribution >= 0.6 is 0 Å². The van der Waals surface area contributed by atoms with Crippen LogP contribution in [0.25, 0.3) is 6.08 Å². The quantitative estimate of drug-likeness (QED) is 0.0536. The van der Waals surface area contributed by atoms with Gasteiger partial charge in [0.25, 0.3) is 8.32 Å². The number of imide groups is 1. The highest BCUT2D eigenvalue weighted by Crippen LogP contribution is 2.49. The number of rotatable bonds is 13.